The van der Waals surface area contributed by atoms with Crippen LogP contribution in [0.5, 0.6) is 0 Å². The molecule has 0 aliphatic carbocycles. The van der Waals surface area contributed by atoms with Gasteiger partial charge in [0, 0.05) is 36.1 Å². The molecule has 0 spiro atoms. The summed E-state index contributed by atoms with van der Waals surface area (Å²) in [6, 6.07) is 7.90. The van der Waals surface area contributed by atoms with Gasteiger partial charge in [0.05, 0.1) is 11.0 Å². The van der Waals surface area contributed by atoms with Crippen LogP contribution in [-0.2, 0) is 13.0 Å². The highest BCUT2D eigenvalue weighted by Gasteiger charge is 2.33. The number of imidazole rings is 1. The third-order valence-corrected chi connectivity index (χ3v) is 5.22. The quantitative estimate of drug-likeness (QED) is 0.743. The van der Waals surface area contributed by atoms with Crippen LogP contribution >= 0.6 is 15.9 Å². The van der Waals surface area contributed by atoms with Crippen molar-refractivity contribution in [3.8, 4) is 0 Å². The molecule has 1 fully saturated rings. The molecule has 0 N–H and O–H groups in total. The summed E-state index contributed by atoms with van der Waals surface area (Å²) in [5.41, 5.74) is 2.42. The molecule has 0 amide bonds. The van der Waals surface area contributed by atoms with E-state index in [9.17, 15) is 0 Å². The maximum absolute atomic E-state index is 4.83. The van der Waals surface area contributed by atoms with Gasteiger partial charge in [0.25, 0.3) is 0 Å². The second kappa shape index (κ2) is 4.32. The third kappa shape index (κ3) is 1.84. The SMILES string of the molecule is C[C@@H]1CCC2Cn3c(nc4cc(Br)ccc43)CCN21. The predicted molar refractivity (Wildman–Crippen MR) is 80.3 cm³/mol. The molecule has 0 radical (unpaired) electrons. The van der Waals surface area contributed by atoms with E-state index in [4.69, 9.17) is 4.98 Å². The summed E-state index contributed by atoms with van der Waals surface area (Å²) in [6.45, 7) is 4.64. The van der Waals surface area contributed by atoms with Crippen molar-refractivity contribution >= 4 is 27.0 Å². The van der Waals surface area contributed by atoms with E-state index in [0.29, 0.717) is 6.04 Å². The second-order valence-corrected chi connectivity index (χ2v) is 6.76. The Morgan fingerprint density at radius 2 is 2.21 bits per heavy atom. The van der Waals surface area contributed by atoms with Gasteiger partial charge in [-0.1, -0.05) is 15.9 Å². The van der Waals surface area contributed by atoms with E-state index in [1.165, 1.54) is 24.2 Å². The first-order chi connectivity index (χ1) is 9.22. The van der Waals surface area contributed by atoms with Gasteiger partial charge in [0.1, 0.15) is 5.82 Å². The normalized spacial score (nSPS) is 27.3. The summed E-state index contributed by atoms with van der Waals surface area (Å²) in [6.07, 6.45) is 3.75. The van der Waals surface area contributed by atoms with Crippen molar-refractivity contribution in [2.75, 3.05) is 6.54 Å². The van der Waals surface area contributed by atoms with Crippen molar-refractivity contribution < 1.29 is 0 Å². The zero-order chi connectivity index (χ0) is 13.0. The average molecular weight is 320 g/mol. The van der Waals surface area contributed by atoms with E-state index in [1.807, 2.05) is 0 Å². The molecular formula is C15H18BrN3. The van der Waals surface area contributed by atoms with E-state index < -0.39 is 0 Å². The van der Waals surface area contributed by atoms with Crippen LogP contribution in [0.2, 0.25) is 0 Å². The zero-order valence-corrected chi connectivity index (χ0v) is 12.7. The van der Waals surface area contributed by atoms with Gasteiger partial charge in [-0.3, -0.25) is 4.90 Å². The first kappa shape index (κ1) is 11.9. The van der Waals surface area contributed by atoms with Gasteiger partial charge in [-0.2, -0.15) is 0 Å². The zero-order valence-electron chi connectivity index (χ0n) is 11.1. The van der Waals surface area contributed by atoms with Gasteiger partial charge in [-0.05, 0) is 38.0 Å². The van der Waals surface area contributed by atoms with Crippen LogP contribution in [0, 0.1) is 0 Å². The molecule has 1 aromatic heterocycles. The number of aromatic nitrogens is 2. The van der Waals surface area contributed by atoms with Crippen LogP contribution in [-0.4, -0.2) is 33.1 Å². The van der Waals surface area contributed by atoms with Crippen LogP contribution in [0.25, 0.3) is 11.0 Å². The Balaban J connectivity index is 1.80. The number of fused-ring (bicyclic) bond motifs is 4. The Labute approximate surface area is 121 Å². The largest absolute Gasteiger partial charge is 0.326 e. The molecule has 0 bridgehead atoms. The molecule has 1 saturated heterocycles. The lowest BCUT2D eigenvalue weighted by molar-refractivity contribution is 0.202. The molecule has 1 unspecified atom stereocenters. The summed E-state index contributed by atoms with van der Waals surface area (Å²) >= 11 is 3.54. The molecule has 0 saturated carbocycles. The fourth-order valence-corrected chi connectivity index (χ4v) is 4.06. The van der Waals surface area contributed by atoms with Crippen molar-refractivity contribution in [1.29, 1.82) is 0 Å². The molecule has 3 nitrogen and oxygen atoms in total. The lowest BCUT2D eigenvalue weighted by Crippen LogP contribution is -2.36. The van der Waals surface area contributed by atoms with Crippen molar-refractivity contribution in [3.63, 3.8) is 0 Å². The standard InChI is InChI=1S/C15H18BrN3/c1-10-2-4-12-9-19-14-5-3-11(16)8-13(14)17-15(19)6-7-18(10)12/h3,5,8,10,12H,2,4,6-7,9H2,1H3/t10-,12?/m1/s1. The van der Waals surface area contributed by atoms with Gasteiger partial charge < -0.3 is 4.57 Å². The van der Waals surface area contributed by atoms with Gasteiger partial charge in [0.15, 0.2) is 0 Å². The highest BCUT2D eigenvalue weighted by atomic mass is 79.9. The molecule has 4 heteroatoms. The molecule has 100 valence electrons. The maximum atomic E-state index is 4.83. The average Bonchev–Trinajstić information content (AvgIpc) is 2.84. The van der Waals surface area contributed by atoms with Crippen LogP contribution in [0.1, 0.15) is 25.6 Å². The molecular weight excluding hydrogens is 302 g/mol. The van der Waals surface area contributed by atoms with E-state index >= 15 is 0 Å². The molecule has 4 rings (SSSR count). The Bertz CT molecular complexity index is 634. The number of halogens is 1. The van der Waals surface area contributed by atoms with Gasteiger partial charge in [0.2, 0.25) is 0 Å². The summed E-state index contributed by atoms with van der Waals surface area (Å²) in [5, 5.41) is 0. The molecule has 1 aromatic carbocycles. The van der Waals surface area contributed by atoms with Crippen molar-refractivity contribution in [3.05, 3.63) is 28.5 Å². The van der Waals surface area contributed by atoms with E-state index in [1.54, 1.807) is 0 Å². The molecule has 2 aromatic rings. The predicted octanol–water partition coefficient (Wildman–Crippen LogP) is 3.21. The lowest BCUT2D eigenvalue weighted by atomic mass is 10.2. The van der Waals surface area contributed by atoms with Crippen molar-refractivity contribution in [1.82, 2.24) is 14.5 Å². The number of rotatable bonds is 0. The minimum atomic E-state index is 0.706. The Morgan fingerprint density at radius 3 is 3.11 bits per heavy atom. The number of benzene rings is 1. The van der Waals surface area contributed by atoms with Crippen molar-refractivity contribution in [2.45, 2.75) is 44.8 Å². The molecule has 19 heavy (non-hydrogen) atoms. The first-order valence-electron chi connectivity index (χ1n) is 7.13. The minimum Gasteiger partial charge on any atom is -0.326 e. The highest BCUT2D eigenvalue weighted by Crippen LogP contribution is 2.30. The summed E-state index contributed by atoms with van der Waals surface area (Å²) in [5.74, 6) is 1.26. The Morgan fingerprint density at radius 1 is 1.32 bits per heavy atom. The second-order valence-electron chi connectivity index (χ2n) is 5.84. The van der Waals surface area contributed by atoms with E-state index in [2.05, 4.69) is 50.5 Å². The minimum absolute atomic E-state index is 0.706. The lowest BCUT2D eigenvalue weighted by Gasteiger charge is -2.25. The van der Waals surface area contributed by atoms with Gasteiger partial charge in [-0.15, -0.1) is 0 Å². The van der Waals surface area contributed by atoms with Crippen LogP contribution in [0.15, 0.2) is 22.7 Å². The fourth-order valence-electron chi connectivity index (χ4n) is 3.71. The first-order valence-corrected chi connectivity index (χ1v) is 7.92. The summed E-state index contributed by atoms with van der Waals surface area (Å²) in [4.78, 5) is 7.51. The summed E-state index contributed by atoms with van der Waals surface area (Å²) in [7, 11) is 0. The van der Waals surface area contributed by atoms with E-state index in [0.717, 1.165) is 35.5 Å². The smallest absolute Gasteiger partial charge is 0.111 e. The Kier molecular flexibility index (Phi) is 2.71. The number of hydrogen-bond donors (Lipinski definition) is 0. The monoisotopic (exact) mass is 319 g/mol. The number of hydrogen-bond acceptors (Lipinski definition) is 2. The number of nitrogens with zero attached hydrogens (tertiary/aromatic N) is 3. The highest BCUT2D eigenvalue weighted by molar-refractivity contribution is 9.10. The fraction of sp³-hybridized carbons (Fsp3) is 0.533. The van der Waals surface area contributed by atoms with Gasteiger partial charge in [-0.25, -0.2) is 4.98 Å². The molecule has 2 aliphatic heterocycles. The maximum Gasteiger partial charge on any atom is 0.111 e. The molecule has 2 aliphatic rings. The Hall–Kier alpha value is -0.870. The van der Waals surface area contributed by atoms with Crippen molar-refractivity contribution in [2.24, 2.45) is 0 Å². The third-order valence-electron chi connectivity index (χ3n) is 4.73. The van der Waals surface area contributed by atoms with E-state index in [-0.39, 0.29) is 0 Å². The summed E-state index contributed by atoms with van der Waals surface area (Å²) < 4.78 is 3.56. The molecule has 3 heterocycles. The van der Waals surface area contributed by atoms with Crippen LogP contribution < -0.4 is 0 Å². The van der Waals surface area contributed by atoms with Crippen LogP contribution in [0.3, 0.4) is 0 Å². The topological polar surface area (TPSA) is 21.1 Å². The van der Waals surface area contributed by atoms with Gasteiger partial charge >= 0.3 is 0 Å². The van der Waals surface area contributed by atoms with Crippen LogP contribution in [0.4, 0.5) is 0 Å². The molecule has 2 atom stereocenters.